The summed E-state index contributed by atoms with van der Waals surface area (Å²) < 4.78 is 0. The topological polar surface area (TPSA) is 66.7 Å². The maximum atomic E-state index is 9.77. The largest absolute Gasteiger partial charge is 0.481 e. The molecule has 0 rings (SSSR count). The van der Waals surface area contributed by atoms with Gasteiger partial charge < -0.3 is 5.11 Å². The first-order valence-corrected chi connectivity index (χ1v) is 2.21. The second-order valence-electron chi connectivity index (χ2n) is 1.20. The zero-order valence-electron chi connectivity index (χ0n) is 4.57. The molecule has 0 fully saturated rings. The van der Waals surface area contributed by atoms with E-state index in [1.165, 1.54) is 12.2 Å². The highest BCUT2D eigenvalue weighted by molar-refractivity contribution is 5.68. The van der Waals surface area contributed by atoms with Gasteiger partial charge in [0.25, 0.3) is 0 Å². The molecule has 1 N–H and O–H groups in total. The Labute approximate surface area is 51.5 Å². The van der Waals surface area contributed by atoms with Gasteiger partial charge in [-0.25, -0.2) is 4.79 Å². The summed E-state index contributed by atoms with van der Waals surface area (Å²) in [5.41, 5.74) is 0. The SMILES string of the molecule is O=C=NC=CCC(=O)O. The summed E-state index contributed by atoms with van der Waals surface area (Å²) in [5.74, 6) is -0.952. The van der Waals surface area contributed by atoms with E-state index >= 15 is 0 Å². The van der Waals surface area contributed by atoms with Gasteiger partial charge in [0.05, 0.1) is 6.42 Å². The molecule has 48 valence electrons. The highest BCUT2D eigenvalue weighted by atomic mass is 16.4. The normalized spacial score (nSPS) is 8.89. The van der Waals surface area contributed by atoms with E-state index in [9.17, 15) is 9.59 Å². The lowest BCUT2D eigenvalue weighted by molar-refractivity contribution is -0.136. The highest BCUT2D eigenvalue weighted by Gasteiger charge is 1.86. The molecule has 0 bridgehead atoms. The van der Waals surface area contributed by atoms with E-state index in [0.717, 1.165) is 6.20 Å². The van der Waals surface area contributed by atoms with E-state index in [1.807, 2.05) is 0 Å². The second-order valence-corrected chi connectivity index (χ2v) is 1.20. The van der Waals surface area contributed by atoms with E-state index in [-0.39, 0.29) is 6.42 Å². The average Bonchev–Trinajstić information content (AvgIpc) is 1.80. The van der Waals surface area contributed by atoms with Crippen molar-refractivity contribution in [2.24, 2.45) is 4.99 Å². The number of rotatable bonds is 3. The Kier molecular flexibility index (Phi) is 4.00. The lowest BCUT2D eigenvalue weighted by Crippen LogP contribution is -1.89. The minimum atomic E-state index is -0.952. The maximum Gasteiger partial charge on any atom is 0.307 e. The van der Waals surface area contributed by atoms with Gasteiger partial charge in [0.15, 0.2) is 0 Å². The molecule has 0 aromatic rings. The molecule has 0 atom stereocenters. The van der Waals surface area contributed by atoms with E-state index in [4.69, 9.17) is 5.11 Å². The van der Waals surface area contributed by atoms with Crippen LogP contribution in [0.2, 0.25) is 0 Å². The Morgan fingerprint density at radius 1 is 1.78 bits per heavy atom. The molecule has 0 aliphatic carbocycles. The summed E-state index contributed by atoms with van der Waals surface area (Å²) in [7, 11) is 0. The second kappa shape index (κ2) is 4.74. The summed E-state index contributed by atoms with van der Waals surface area (Å²) in [4.78, 5) is 22.1. The summed E-state index contributed by atoms with van der Waals surface area (Å²) in [6.07, 6.45) is 3.47. The molecule has 9 heavy (non-hydrogen) atoms. The molecule has 0 saturated carbocycles. The van der Waals surface area contributed by atoms with Gasteiger partial charge in [-0.3, -0.25) is 4.79 Å². The number of aliphatic carboxylic acids is 1. The summed E-state index contributed by atoms with van der Waals surface area (Å²) in [6.45, 7) is 0. The van der Waals surface area contributed by atoms with Crippen LogP contribution in [0.25, 0.3) is 0 Å². The number of aliphatic imine (C=N–C) groups is 1. The van der Waals surface area contributed by atoms with Crippen LogP contribution in [0.1, 0.15) is 6.42 Å². The van der Waals surface area contributed by atoms with Crippen LogP contribution in [0.3, 0.4) is 0 Å². The third-order valence-corrected chi connectivity index (χ3v) is 0.525. The van der Waals surface area contributed by atoms with Gasteiger partial charge in [0, 0.05) is 6.20 Å². The predicted octanol–water partition coefficient (Wildman–Crippen LogP) is 0.311. The average molecular weight is 127 g/mol. The van der Waals surface area contributed by atoms with E-state index in [1.54, 1.807) is 0 Å². The molecule has 0 unspecified atom stereocenters. The van der Waals surface area contributed by atoms with Gasteiger partial charge >= 0.3 is 5.97 Å². The first-order chi connectivity index (χ1) is 4.27. The van der Waals surface area contributed by atoms with E-state index in [2.05, 4.69) is 4.99 Å². The fraction of sp³-hybridized carbons (Fsp3) is 0.200. The first-order valence-electron chi connectivity index (χ1n) is 2.21. The Bertz CT molecular complexity index is 167. The maximum absolute atomic E-state index is 9.77. The quantitative estimate of drug-likeness (QED) is 0.438. The Morgan fingerprint density at radius 3 is 2.89 bits per heavy atom. The van der Waals surface area contributed by atoms with Gasteiger partial charge in [0.2, 0.25) is 6.08 Å². The number of hydrogen-bond donors (Lipinski definition) is 1. The Hall–Kier alpha value is -1.41. The van der Waals surface area contributed by atoms with Crippen LogP contribution in [-0.2, 0) is 9.59 Å². The number of carbonyl (C=O) groups excluding carboxylic acids is 1. The Morgan fingerprint density at radius 2 is 2.44 bits per heavy atom. The zero-order chi connectivity index (χ0) is 7.11. The smallest absolute Gasteiger partial charge is 0.307 e. The van der Waals surface area contributed by atoms with Crippen LogP contribution < -0.4 is 0 Å². The molecular formula is C5H5NO3. The van der Waals surface area contributed by atoms with E-state index < -0.39 is 5.97 Å². The third-order valence-electron chi connectivity index (χ3n) is 0.525. The van der Waals surface area contributed by atoms with Crippen molar-refractivity contribution < 1.29 is 14.7 Å². The molecule has 0 aromatic heterocycles. The molecule has 0 radical (unpaired) electrons. The molecule has 0 aliphatic rings. The molecule has 0 saturated heterocycles. The minimum Gasteiger partial charge on any atom is -0.481 e. The van der Waals surface area contributed by atoms with Gasteiger partial charge in [0.1, 0.15) is 0 Å². The van der Waals surface area contributed by atoms with Crippen molar-refractivity contribution in [3.05, 3.63) is 12.3 Å². The van der Waals surface area contributed by atoms with Crippen molar-refractivity contribution in [2.75, 3.05) is 0 Å². The van der Waals surface area contributed by atoms with Crippen LogP contribution in [0.4, 0.5) is 0 Å². The van der Waals surface area contributed by atoms with Crippen LogP contribution >= 0.6 is 0 Å². The Balaban J connectivity index is 3.48. The number of carboxylic acid groups (broad SMARTS) is 1. The van der Waals surface area contributed by atoms with Crippen molar-refractivity contribution in [1.29, 1.82) is 0 Å². The fourth-order valence-corrected chi connectivity index (χ4v) is 0.237. The molecule has 0 spiro atoms. The van der Waals surface area contributed by atoms with Gasteiger partial charge in [-0.1, -0.05) is 6.08 Å². The van der Waals surface area contributed by atoms with Gasteiger partial charge in [-0.05, 0) is 0 Å². The lowest BCUT2D eigenvalue weighted by Gasteiger charge is -1.77. The number of isocyanates is 1. The van der Waals surface area contributed by atoms with Crippen LogP contribution in [0, 0.1) is 0 Å². The molecule has 0 amide bonds. The van der Waals surface area contributed by atoms with Gasteiger partial charge in [-0.15, -0.1) is 0 Å². The molecule has 4 heteroatoms. The molecule has 0 aromatic carbocycles. The number of carboxylic acids is 1. The van der Waals surface area contributed by atoms with Crippen molar-refractivity contribution in [1.82, 2.24) is 0 Å². The molecule has 4 nitrogen and oxygen atoms in total. The van der Waals surface area contributed by atoms with Crippen LogP contribution in [0.5, 0.6) is 0 Å². The molecule has 0 aliphatic heterocycles. The number of nitrogens with zero attached hydrogens (tertiary/aromatic N) is 1. The standard InChI is InChI=1S/C5H5NO3/c7-4-6-3-1-2-5(8)9/h1,3H,2H2,(H,8,9). The zero-order valence-corrected chi connectivity index (χ0v) is 4.57. The minimum absolute atomic E-state index is 0.120. The summed E-state index contributed by atoms with van der Waals surface area (Å²) in [6, 6.07) is 0. The van der Waals surface area contributed by atoms with Crippen molar-refractivity contribution in [2.45, 2.75) is 6.42 Å². The van der Waals surface area contributed by atoms with E-state index in [0.29, 0.717) is 0 Å². The lowest BCUT2D eigenvalue weighted by atomic mass is 10.4. The van der Waals surface area contributed by atoms with Crippen molar-refractivity contribution in [3.8, 4) is 0 Å². The van der Waals surface area contributed by atoms with Crippen molar-refractivity contribution in [3.63, 3.8) is 0 Å². The fourth-order valence-electron chi connectivity index (χ4n) is 0.237. The summed E-state index contributed by atoms with van der Waals surface area (Å²) in [5, 5.41) is 8.02. The summed E-state index contributed by atoms with van der Waals surface area (Å²) >= 11 is 0. The van der Waals surface area contributed by atoms with Crippen LogP contribution in [-0.4, -0.2) is 17.2 Å². The number of carbonyl (C=O) groups is 1. The number of hydrogen-bond acceptors (Lipinski definition) is 3. The third kappa shape index (κ3) is 6.59. The van der Waals surface area contributed by atoms with Crippen molar-refractivity contribution >= 4 is 12.0 Å². The predicted molar refractivity (Wildman–Crippen MR) is 29.5 cm³/mol. The van der Waals surface area contributed by atoms with Crippen LogP contribution in [0.15, 0.2) is 17.3 Å². The molecular weight excluding hydrogens is 122 g/mol. The first kappa shape index (κ1) is 7.59. The molecule has 0 heterocycles. The monoisotopic (exact) mass is 127 g/mol. The highest BCUT2D eigenvalue weighted by Crippen LogP contribution is 1.81. The van der Waals surface area contributed by atoms with Gasteiger partial charge in [-0.2, -0.15) is 4.99 Å².